The zero-order valence-corrected chi connectivity index (χ0v) is 48.5. The molecule has 0 aliphatic carbocycles. The molecule has 0 spiro atoms. The van der Waals surface area contributed by atoms with E-state index in [0.717, 1.165) is 64.2 Å². The Hall–Kier alpha value is -2.37. The molecule has 0 fully saturated rings. The van der Waals surface area contributed by atoms with E-state index in [0.29, 0.717) is 19.3 Å². The number of allylic oxidation sites excluding steroid dienone is 6. The molecule has 0 saturated carbocycles. The van der Waals surface area contributed by atoms with Crippen molar-refractivity contribution >= 4 is 17.9 Å². The topological polar surface area (TPSA) is 78.9 Å². The Kier molecular flexibility index (Phi) is 59.2. The van der Waals surface area contributed by atoms with Crippen LogP contribution in [0.4, 0.5) is 0 Å². The highest BCUT2D eigenvalue weighted by Gasteiger charge is 2.19. The van der Waals surface area contributed by atoms with Crippen LogP contribution in [0.5, 0.6) is 0 Å². The number of ether oxygens (including phenoxy) is 3. The van der Waals surface area contributed by atoms with E-state index < -0.39 is 6.10 Å². The number of hydrogen-bond acceptors (Lipinski definition) is 6. The van der Waals surface area contributed by atoms with Crippen LogP contribution in [0.3, 0.4) is 0 Å². The van der Waals surface area contributed by atoms with E-state index in [1.807, 2.05) is 0 Å². The van der Waals surface area contributed by atoms with Crippen molar-refractivity contribution in [3.05, 3.63) is 36.5 Å². The number of esters is 3. The third-order valence-electron chi connectivity index (χ3n) is 14.4. The van der Waals surface area contributed by atoms with Crippen molar-refractivity contribution in [2.45, 2.75) is 354 Å². The highest BCUT2D eigenvalue weighted by molar-refractivity contribution is 5.71. The molecule has 1 atom stereocenters. The molecule has 1 unspecified atom stereocenters. The summed E-state index contributed by atoms with van der Waals surface area (Å²) in [5.41, 5.74) is 0. The molecule has 6 nitrogen and oxygen atoms in total. The van der Waals surface area contributed by atoms with Gasteiger partial charge >= 0.3 is 17.9 Å². The standard InChI is InChI=1S/C66H122O6/c1-4-7-10-13-16-19-21-23-25-27-29-31-32-33-34-36-37-39-41-43-45-47-50-53-56-59-65(68)71-62-63(61-70-64(67)58-55-52-49-18-15-12-9-6-3)72-66(69)60-57-54-51-48-46-44-42-40-38-35-30-28-26-24-22-20-17-14-11-8-5-2/h22,24,27-30,63H,4-21,23,25-26,31-62H2,1-3H3/b24-22-,29-27-,30-28-. The quantitative estimate of drug-likeness (QED) is 0.0261. The normalized spacial score (nSPS) is 12.2. The maximum absolute atomic E-state index is 12.9. The lowest BCUT2D eigenvalue weighted by atomic mass is 10.0. The van der Waals surface area contributed by atoms with Gasteiger partial charge in [0.1, 0.15) is 13.2 Å². The predicted molar refractivity (Wildman–Crippen MR) is 312 cm³/mol. The number of unbranched alkanes of at least 4 members (excludes halogenated alkanes) is 42. The maximum Gasteiger partial charge on any atom is 0.306 e. The van der Waals surface area contributed by atoms with Crippen molar-refractivity contribution in [2.24, 2.45) is 0 Å². The van der Waals surface area contributed by atoms with Crippen LogP contribution in [0, 0.1) is 0 Å². The van der Waals surface area contributed by atoms with Crippen LogP contribution in [-0.2, 0) is 28.6 Å². The number of rotatable bonds is 59. The zero-order valence-electron chi connectivity index (χ0n) is 48.5. The summed E-state index contributed by atoms with van der Waals surface area (Å²) in [7, 11) is 0. The summed E-state index contributed by atoms with van der Waals surface area (Å²) in [6.45, 7) is 6.65. The molecule has 0 saturated heterocycles. The average Bonchev–Trinajstić information content (AvgIpc) is 3.38. The molecule has 0 aromatic rings. The molecule has 0 bridgehead atoms. The SMILES string of the molecule is CCCCCCC/C=C\C/C=C\CCCCCCCCCCCC(=O)OC(COC(=O)CCCCCCCCCC)COC(=O)CCCCCCCCCCCCCCC/C=C\CCCCCCCCCC. The molecular formula is C66H122O6. The van der Waals surface area contributed by atoms with Gasteiger partial charge in [0.05, 0.1) is 0 Å². The van der Waals surface area contributed by atoms with Gasteiger partial charge in [0.15, 0.2) is 6.10 Å². The molecule has 6 heteroatoms. The van der Waals surface area contributed by atoms with Crippen molar-refractivity contribution in [1.82, 2.24) is 0 Å². The highest BCUT2D eigenvalue weighted by atomic mass is 16.6. The third-order valence-corrected chi connectivity index (χ3v) is 14.4. The lowest BCUT2D eigenvalue weighted by Gasteiger charge is -2.18. The van der Waals surface area contributed by atoms with E-state index in [2.05, 4.69) is 57.2 Å². The first-order chi connectivity index (χ1) is 35.5. The summed E-state index contributed by atoms with van der Waals surface area (Å²) in [4.78, 5) is 38.1. The van der Waals surface area contributed by atoms with E-state index in [4.69, 9.17) is 14.2 Å². The molecule has 0 radical (unpaired) electrons. The minimum absolute atomic E-state index is 0.0701. The van der Waals surface area contributed by atoms with E-state index in [9.17, 15) is 14.4 Å². The first-order valence-electron chi connectivity index (χ1n) is 32.0. The van der Waals surface area contributed by atoms with Crippen LogP contribution in [0.1, 0.15) is 348 Å². The fourth-order valence-electron chi connectivity index (χ4n) is 9.53. The molecule has 0 aromatic carbocycles. The van der Waals surface area contributed by atoms with Gasteiger partial charge in [-0.05, 0) is 77.0 Å². The van der Waals surface area contributed by atoms with Gasteiger partial charge in [-0.15, -0.1) is 0 Å². The summed E-state index contributed by atoms with van der Waals surface area (Å²) in [5, 5.41) is 0. The van der Waals surface area contributed by atoms with Crippen molar-refractivity contribution < 1.29 is 28.6 Å². The van der Waals surface area contributed by atoms with E-state index in [-0.39, 0.29) is 31.1 Å². The third kappa shape index (κ3) is 58.5. The molecular weight excluding hydrogens is 889 g/mol. The van der Waals surface area contributed by atoms with Gasteiger partial charge in [-0.2, -0.15) is 0 Å². The fourth-order valence-corrected chi connectivity index (χ4v) is 9.53. The van der Waals surface area contributed by atoms with Gasteiger partial charge < -0.3 is 14.2 Å². The minimum atomic E-state index is -0.771. The molecule has 0 rings (SSSR count). The molecule has 0 N–H and O–H groups in total. The minimum Gasteiger partial charge on any atom is -0.462 e. The smallest absolute Gasteiger partial charge is 0.306 e. The van der Waals surface area contributed by atoms with Gasteiger partial charge in [0, 0.05) is 19.3 Å². The van der Waals surface area contributed by atoms with Crippen LogP contribution in [0.25, 0.3) is 0 Å². The van der Waals surface area contributed by atoms with Crippen molar-refractivity contribution in [1.29, 1.82) is 0 Å². The molecule has 422 valence electrons. The predicted octanol–water partition coefficient (Wildman–Crippen LogP) is 21.6. The summed E-state index contributed by atoms with van der Waals surface area (Å²) < 4.78 is 16.9. The van der Waals surface area contributed by atoms with Crippen LogP contribution in [-0.4, -0.2) is 37.2 Å². The first kappa shape index (κ1) is 69.6. The van der Waals surface area contributed by atoms with E-state index in [1.165, 1.54) is 244 Å². The van der Waals surface area contributed by atoms with Crippen molar-refractivity contribution in [3.8, 4) is 0 Å². The Morgan fingerprint density at radius 2 is 0.500 bits per heavy atom. The zero-order chi connectivity index (χ0) is 52.2. The second-order valence-electron chi connectivity index (χ2n) is 21.7. The molecule has 0 aliphatic heterocycles. The van der Waals surface area contributed by atoms with E-state index >= 15 is 0 Å². The lowest BCUT2D eigenvalue weighted by Crippen LogP contribution is -2.30. The fraction of sp³-hybridized carbons (Fsp3) is 0.864. The molecule has 0 heterocycles. The Labute approximate surface area is 448 Å². The largest absolute Gasteiger partial charge is 0.462 e. The summed E-state index contributed by atoms with van der Waals surface area (Å²) in [6.07, 6.45) is 74.6. The van der Waals surface area contributed by atoms with Crippen LogP contribution in [0.2, 0.25) is 0 Å². The molecule has 0 aromatic heterocycles. The second-order valence-corrected chi connectivity index (χ2v) is 21.7. The Balaban J connectivity index is 4.14. The van der Waals surface area contributed by atoms with Gasteiger partial charge in [-0.3, -0.25) is 14.4 Å². The summed E-state index contributed by atoms with van der Waals surface area (Å²) in [6, 6.07) is 0. The van der Waals surface area contributed by atoms with Gasteiger partial charge in [-0.1, -0.05) is 288 Å². The summed E-state index contributed by atoms with van der Waals surface area (Å²) >= 11 is 0. The van der Waals surface area contributed by atoms with Gasteiger partial charge in [-0.25, -0.2) is 0 Å². The van der Waals surface area contributed by atoms with E-state index in [1.54, 1.807) is 0 Å². The number of carbonyl (C=O) groups excluding carboxylic acids is 3. The Bertz CT molecular complexity index is 1210. The maximum atomic E-state index is 12.9. The van der Waals surface area contributed by atoms with Crippen LogP contribution in [0.15, 0.2) is 36.5 Å². The first-order valence-corrected chi connectivity index (χ1v) is 32.0. The van der Waals surface area contributed by atoms with Gasteiger partial charge in [0.2, 0.25) is 0 Å². The van der Waals surface area contributed by atoms with Crippen LogP contribution < -0.4 is 0 Å². The molecule has 0 aliphatic rings. The van der Waals surface area contributed by atoms with Crippen LogP contribution >= 0.6 is 0 Å². The number of carbonyl (C=O) groups is 3. The monoisotopic (exact) mass is 1010 g/mol. The second kappa shape index (κ2) is 61.2. The lowest BCUT2D eigenvalue weighted by molar-refractivity contribution is -0.167. The van der Waals surface area contributed by atoms with Crippen molar-refractivity contribution in [2.75, 3.05) is 13.2 Å². The summed E-state index contributed by atoms with van der Waals surface area (Å²) in [5.74, 6) is -0.859. The Morgan fingerprint density at radius 1 is 0.278 bits per heavy atom. The number of hydrogen-bond donors (Lipinski definition) is 0. The Morgan fingerprint density at radius 3 is 0.778 bits per heavy atom. The molecule has 72 heavy (non-hydrogen) atoms. The molecule has 0 amide bonds. The van der Waals surface area contributed by atoms with Gasteiger partial charge in [0.25, 0.3) is 0 Å². The highest BCUT2D eigenvalue weighted by Crippen LogP contribution is 2.17. The average molecular weight is 1010 g/mol. The van der Waals surface area contributed by atoms with Crippen molar-refractivity contribution in [3.63, 3.8) is 0 Å².